The molecule has 0 aliphatic carbocycles. The zero-order valence-corrected chi connectivity index (χ0v) is 12.7. The first-order chi connectivity index (χ1) is 9.10. The van der Waals surface area contributed by atoms with Gasteiger partial charge in [0.1, 0.15) is 4.90 Å². The minimum absolute atomic E-state index is 0.180. The Morgan fingerprint density at radius 1 is 1.37 bits per heavy atom. The first-order valence-corrected chi connectivity index (χ1v) is 8.48. The molecular formula is C12H14ClNO3S2. The molecule has 2 aromatic rings. The molecule has 0 aliphatic heterocycles. The Morgan fingerprint density at radius 3 is 2.79 bits per heavy atom. The summed E-state index contributed by atoms with van der Waals surface area (Å²) in [6, 6.07) is 7.39. The topological polar surface area (TPSA) is 55.4 Å². The fourth-order valence-electron chi connectivity index (χ4n) is 1.81. The second-order valence-corrected chi connectivity index (χ2v) is 6.98. The Kier molecular flexibility index (Phi) is 4.81. The van der Waals surface area contributed by atoms with Crippen molar-refractivity contribution in [3.05, 3.63) is 29.1 Å². The van der Waals surface area contributed by atoms with E-state index in [1.165, 1.54) is 18.4 Å². The number of alkyl halides is 1. The van der Waals surface area contributed by atoms with Crippen LogP contribution in [-0.2, 0) is 20.6 Å². The minimum Gasteiger partial charge on any atom is -0.383 e. The molecule has 0 spiro atoms. The molecule has 1 aromatic heterocycles. The number of benzene rings is 1. The Morgan fingerprint density at radius 2 is 2.11 bits per heavy atom. The number of methoxy groups -OCH3 is 1. The summed E-state index contributed by atoms with van der Waals surface area (Å²) in [6.07, 6.45) is 0. The number of halogens is 1. The van der Waals surface area contributed by atoms with Crippen LogP contribution in [0.15, 0.2) is 29.2 Å². The van der Waals surface area contributed by atoms with Crippen molar-refractivity contribution in [2.45, 2.75) is 10.8 Å². The maximum Gasteiger partial charge on any atom is 0.242 e. The second-order valence-electron chi connectivity index (χ2n) is 3.87. The van der Waals surface area contributed by atoms with Gasteiger partial charge in [-0.15, -0.1) is 22.9 Å². The van der Waals surface area contributed by atoms with Gasteiger partial charge in [-0.25, -0.2) is 13.1 Å². The van der Waals surface area contributed by atoms with Crippen molar-refractivity contribution >= 4 is 43.0 Å². The molecule has 1 aromatic carbocycles. The number of rotatable bonds is 6. The van der Waals surface area contributed by atoms with Crippen LogP contribution in [0.5, 0.6) is 0 Å². The molecule has 4 nitrogen and oxygen atoms in total. The van der Waals surface area contributed by atoms with Crippen LogP contribution >= 0.6 is 22.9 Å². The number of fused-ring (bicyclic) bond motifs is 1. The lowest BCUT2D eigenvalue weighted by molar-refractivity contribution is 0.204. The molecule has 0 saturated heterocycles. The van der Waals surface area contributed by atoms with Crippen molar-refractivity contribution in [3.8, 4) is 0 Å². The summed E-state index contributed by atoms with van der Waals surface area (Å²) in [5, 5.41) is 0.716. The third kappa shape index (κ3) is 3.09. The van der Waals surface area contributed by atoms with Gasteiger partial charge in [-0.3, -0.25) is 0 Å². The maximum atomic E-state index is 12.3. The highest BCUT2D eigenvalue weighted by atomic mass is 35.5. The van der Waals surface area contributed by atoms with E-state index >= 15 is 0 Å². The van der Waals surface area contributed by atoms with Crippen LogP contribution < -0.4 is 4.72 Å². The molecule has 0 amide bonds. The van der Waals surface area contributed by atoms with E-state index in [9.17, 15) is 8.42 Å². The summed E-state index contributed by atoms with van der Waals surface area (Å²) in [6.45, 7) is 0.572. The van der Waals surface area contributed by atoms with Crippen LogP contribution in [0.3, 0.4) is 0 Å². The monoisotopic (exact) mass is 319 g/mol. The molecule has 0 atom stereocenters. The van der Waals surface area contributed by atoms with Gasteiger partial charge in [0.15, 0.2) is 0 Å². The molecule has 0 unspecified atom stereocenters. The third-order valence-corrected chi connectivity index (χ3v) is 5.92. The van der Waals surface area contributed by atoms with Crippen molar-refractivity contribution < 1.29 is 13.2 Å². The molecule has 0 bridgehead atoms. The highest BCUT2D eigenvalue weighted by Gasteiger charge is 2.23. The van der Waals surface area contributed by atoms with Gasteiger partial charge < -0.3 is 4.74 Å². The van der Waals surface area contributed by atoms with E-state index in [1.54, 1.807) is 6.07 Å². The molecule has 0 aliphatic rings. The molecule has 104 valence electrons. The average Bonchev–Trinajstić information content (AvgIpc) is 2.78. The lowest BCUT2D eigenvalue weighted by Gasteiger charge is -2.07. The van der Waals surface area contributed by atoms with E-state index < -0.39 is 10.0 Å². The summed E-state index contributed by atoms with van der Waals surface area (Å²) < 4.78 is 33.0. The third-order valence-electron chi connectivity index (χ3n) is 2.61. The Hall–Kier alpha value is -0.660. The normalized spacial score (nSPS) is 12.1. The van der Waals surface area contributed by atoms with Crippen LogP contribution in [0.2, 0.25) is 0 Å². The van der Waals surface area contributed by atoms with Gasteiger partial charge in [0.2, 0.25) is 10.0 Å². The first-order valence-electron chi connectivity index (χ1n) is 5.65. The number of sulfonamides is 1. The minimum atomic E-state index is -3.56. The molecule has 7 heteroatoms. The van der Waals surface area contributed by atoms with Gasteiger partial charge in [0, 0.05) is 28.6 Å². The molecule has 1 N–H and O–H groups in total. The molecule has 0 radical (unpaired) electrons. The second kappa shape index (κ2) is 6.19. The van der Waals surface area contributed by atoms with Gasteiger partial charge in [0.05, 0.1) is 12.5 Å². The molecule has 1 heterocycles. The van der Waals surface area contributed by atoms with Gasteiger partial charge in [0.25, 0.3) is 0 Å². The van der Waals surface area contributed by atoms with Crippen molar-refractivity contribution in [1.29, 1.82) is 0 Å². The predicted octanol–water partition coefficient (Wildman–Crippen LogP) is 2.56. The lowest BCUT2D eigenvalue weighted by Crippen LogP contribution is -2.27. The summed E-state index contributed by atoms with van der Waals surface area (Å²) >= 11 is 7.27. The summed E-state index contributed by atoms with van der Waals surface area (Å²) in [7, 11) is -2.04. The van der Waals surface area contributed by atoms with Gasteiger partial charge in [-0.1, -0.05) is 18.2 Å². The largest absolute Gasteiger partial charge is 0.383 e. The van der Waals surface area contributed by atoms with E-state index in [-0.39, 0.29) is 12.4 Å². The number of thiophene rings is 1. The van der Waals surface area contributed by atoms with E-state index in [4.69, 9.17) is 16.3 Å². The van der Waals surface area contributed by atoms with E-state index in [0.717, 1.165) is 4.70 Å². The summed E-state index contributed by atoms with van der Waals surface area (Å²) in [5.41, 5.74) is 0. The standard InChI is InChI=1S/C12H14ClNO3S2/c1-17-7-6-14-19(15,16)12-9-4-2-3-5-10(9)18-11(12)8-13/h2-5,14H,6-8H2,1H3. The molecule has 2 rings (SSSR count). The van der Waals surface area contributed by atoms with Crippen LogP contribution in [0.4, 0.5) is 0 Å². The number of hydrogen-bond acceptors (Lipinski definition) is 4. The van der Waals surface area contributed by atoms with Crippen molar-refractivity contribution in [2.24, 2.45) is 0 Å². The molecule has 19 heavy (non-hydrogen) atoms. The average molecular weight is 320 g/mol. The highest BCUT2D eigenvalue weighted by molar-refractivity contribution is 7.90. The van der Waals surface area contributed by atoms with Crippen LogP contribution in [0, 0.1) is 0 Å². The van der Waals surface area contributed by atoms with Crippen LogP contribution in [0.1, 0.15) is 4.88 Å². The van der Waals surface area contributed by atoms with Crippen LogP contribution in [0.25, 0.3) is 10.1 Å². The Balaban J connectivity index is 2.48. The van der Waals surface area contributed by atoms with Gasteiger partial charge in [-0.2, -0.15) is 0 Å². The van der Waals surface area contributed by atoms with Gasteiger partial charge in [-0.05, 0) is 6.07 Å². The van der Waals surface area contributed by atoms with Crippen molar-refractivity contribution in [3.63, 3.8) is 0 Å². The predicted molar refractivity (Wildman–Crippen MR) is 78.4 cm³/mol. The SMILES string of the molecule is COCCNS(=O)(=O)c1c(CCl)sc2ccccc12. The zero-order valence-electron chi connectivity index (χ0n) is 10.3. The van der Waals surface area contributed by atoms with Gasteiger partial charge >= 0.3 is 0 Å². The molecule has 0 saturated carbocycles. The number of nitrogens with one attached hydrogen (secondary N) is 1. The maximum absolute atomic E-state index is 12.3. The molecule has 0 fully saturated rings. The fraction of sp³-hybridized carbons (Fsp3) is 0.333. The van der Waals surface area contributed by atoms with Crippen LogP contribution in [-0.4, -0.2) is 28.7 Å². The van der Waals surface area contributed by atoms with Crippen molar-refractivity contribution in [2.75, 3.05) is 20.3 Å². The smallest absolute Gasteiger partial charge is 0.242 e. The summed E-state index contributed by atoms with van der Waals surface area (Å²) in [5.74, 6) is 0.180. The van der Waals surface area contributed by atoms with Crippen molar-refractivity contribution in [1.82, 2.24) is 4.72 Å². The highest BCUT2D eigenvalue weighted by Crippen LogP contribution is 2.35. The zero-order chi connectivity index (χ0) is 13.9. The Bertz CT molecular complexity index is 667. The molecular weight excluding hydrogens is 306 g/mol. The number of hydrogen-bond donors (Lipinski definition) is 1. The fourth-order valence-corrected chi connectivity index (χ4v) is 4.99. The summed E-state index contributed by atoms with van der Waals surface area (Å²) in [4.78, 5) is 0.951. The lowest BCUT2D eigenvalue weighted by atomic mass is 10.2. The van der Waals surface area contributed by atoms with E-state index in [1.807, 2.05) is 18.2 Å². The first kappa shape index (κ1) is 14.7. The van der Waals surface area contributed by atoms with E-state index in [2.05, 4.69) is 4.72 Å². The number of ether oxygens (including phenoxy) is 1. The van der Waals surface area contributed by atoms with E-state index in [0.29, 0.717) is 21.8 Å². The quantitative estimate of drug-likeness (QED) is 0.657. The Labute approximate surface area is 121 Å².